The zero-order chi connectivity index (χ0) is 24.1. The number of fused-ring (bicyclic) bond motifs is 1. The zero-order valence-electron chi connectivity index (χ0n) is 18.9. The van der Waals surface area contributed by atoms with Crippen molar-refractivity contribution in [2.45, 2.75) is 13.8 Å². The maximum absolute atomic E-state index is 12.9. The second kappa shape index (κ2) is 10.4. The number of ether oxygens (including phenoxy) is 2. The van der Waals surface area contributed by atoms with E-state index in [9.17, 15) is 14.4 Å². The molecule has 0 radical (unpaired) electrons. The Morgan fingerprint density at radius 2 is 1.71 bits per heavy atom. The van der Waals surface area contributed by atoms with Crippen molar-refractivity contribution in [3.05, 3.63) is 71.1 Å². The van der Waals surface area contributed by atoms with Crippen LogP contribution in [0.3, 0.4) is 0 Å². The van der Waals surface area contributed by atoms with Gasteiger partial charge in [0.05, 0.1) is 18.1 Å². The summed E-state index contributed by atoms with van der Waals surface area (Å²) in [4.78, 5) is 39.2. The molecule has 3 amide bonds. The summed E-state index contributed by atoms with van der Waals surface area (Å²) >= 11 is 0.808. The Balaban J connectivity index is 1.49. The number of amides is 3. The number of nitrogens with one attached hydrogen (secondary N) is 1. The molecule has 7 nitrogen and oxygen atoms in total. The predicted octanol–water partition coefficient (Wildman–Crippen LogP) is 5.31. The number of imide groups is 1. The van der Waals surface area contributed by atoms with E-state index >= 15 is 0 Å². The van der Waals surface area contributed by atoms with Crippen LogP contribution in [0, 0.1) is 0 Å². The van der Waals surface area contributed by atoms with Crippen molar-refractivity contribution in [2.75, 3.05) is 25.1 Å². The molecule has 4 rings (SSSR count). The summed E-state index contributed by atoms with van der Waals surface area (Å²) in [5.41, 5.74) is 1.32. The zero-order valence-corrected chi connectivity index (χ0v) is 19.7. The van der Waals surface area contributed by atoms with Crippen LogP contribution in [0.1, 0.15) is 19.4 Å². The molecule has 0 spiro atoms. The topological polar surface area (TPSA) is 84.9 Å². The van der Waals surface area contributed by atoms with Gasteiger partial charge >= 0.3 is 0 Å². The summed E-state index contributed by atoms with van der Waals surface area (Å²) in [5.74, 6) is 0.223. The molecule has 3 aromatic rings. The van der Waals surface area contributed by atoms with Gasteiger partial charge in [0, 0.05) is 11.1 Å². The molecule has 0 aromatic heterocycles. The summed E-state index contributed by atoms with van der Waals surface area (Å²) < 4.78 is 11.2. The highest BCUT2D eigenvalue weighted by molar-refractivity contribution is 8.18. The van der Waals surface area contributed by atoms with Gasteiger partial charge in [-0.2, -0.15) is 0 Å². The lowest BCUT2D eigenvalue weighted by Gasteiger charge is -2.13. The minimum Gasteiger partial charge on any atom is -0.490 e. The lowest BCUT2D eigenvalue weighted by atomic mass is 10.1. The Morgan fingerprint density at radius 3 is 2.50 bits per heavy atom. The molecule has 0 atom stereocenters. The highest BCUT2D eigenvalue weighted by atomic mass is 32.2. The molecular weight excluding hydrogens is 452 g/mol. The standard InChI is InChI=1S/C26H24N2O5S/c1-3-32-21-13-12-17(14-22(21)33-4-2)15-23-25(30)28(26(31)34-23)16-24(29)27-20-11-7-9-18-8-5-6-10-19(18)20/h5-15H,3-4,16H2,1-2H3,(H,27,29)/b23-15+. The van der Waals surface area contributed by atoms with E-state index < -0.39 is 17.1 Å². The number of hydrogen-bond donors (Lipinski definition) is 1. The Morgan fingerprint density at radius 1 is 0.971 bits per heavy atom. The van der Waals surface area contributed by atoms with Gasteiger partial charge in [0.25, 0.3) is 11.1 Å². The maximum atomic E-state index is 12.9. The average molecular weight is 477 g/mol. The van der Waals surface area contributed by atoms with Crippen LogP contribution in [0.15, 0.2) is 65.6 Å². The molecule has 34 heavy (non-hydrogen) atoms. The number of nitrogens with zero attached hydrogens (tertiary/aromatic N) is 1. The normalized spacial score (nSPS) is 14.6. The summed E-state index contributed by atoms with van der Waals surface area (Å²) in [5, 5.41) is 4.19. The fraction of sp³-hybridized carbons (Fsp3) is 0.192. The van der Waals surface area contributed by atoms with Gasteiger partial charge in [-0.15, -0.1) is 0 Å². The van der Waals surface area contributed by atoms with Gasteiger partial charge < -0.3 is 14.8 Å². The molecule has 1 fully saturated rings. The van der Waals surface area contributed by atoms with Crippen LogP contribution in [0.25, 0.3) is 16.8 Å². The minimum absolute atomic E-state index is 0.245. The van der Waals surface area contributed by atoms with Crippen LogP contribution in [-0.4, -0.2) is 41.7 Å². The van der Waals surface area contributed by atoms with Crippen molar-refractivity contribution < 1.29 is 23.9 Å². The number of thioether (sulfide) groups is 1. The van der Waals surface area contributed by atoms with Crippen molar-refractivity contribution in [1.82, 2.24) is 4.90 Å². The number of benzene rings is 3. The maximum Gasteiger partial charge on any atom is 0.294 e. The van der Waals surface area contributed by atoms with Crippen molar-refractivity contribution in [3.8, 4) is 11.5 Å². The van der Waals surface area contributed by atoms with E-state index in [1.54, 1.807) is 30.3 Å². The first-order chi connectivity index (χ1) is 16.5. The first-order valence-electron chi connectivity index (χ1n) is 10.9. The van der Waals surface area contributed by atoms with E-state index in [1.165, 1.54) is 0 Å². The Kier molecular flexibility index (Phi) is 7.18. The van der Waals surface area contributed by atoms with Crippen molar-refractivity contribution in [3.63, 3.8) is 0 Å². The van der Waals surface area contributed by atoms with Gasteiger partial charge in [0.1, 0.15) is 6.54 Å². The highest BCUT2D eigenvalue weighted by Crippen LogP contribution is 2.34. The van der Waals surface area contributed by atoms with E-state index in [0.29, 0.717) is 36.0 Å². The third-order valence-corrected chi connectivity index (χ3v) is 6.01. The SMILES string of the molecule is CCOc1ccc(/C=C2/SC(=O)N(CC(=O)Nc3cccc4ccccc34)C2=O)cc1OCC. The molecular formula is C26H24N2O5S. The molecule has 1 aliphatic heterocycles. The van der Waals surface area contributed by atoms with Crippen LogP contribution in [0.2, 0.25) is 0 Å². The molecule has 3 aromatic carbocycles. The summed E-state index contributed by atoms with van der Waals surface area (Å²) in [7, 11) is 0. The van der Waals surface area contributed by atoms with E-state index in [1.807, 2.05) is 50.2 Å². The van der Waals surface area contributed by atoms with E-state index in [2.05, 4.69) is 5.32 Å². The molecule has 8 heteroatoms. The molecule has 1 heterocycles. The van der Waals surface area contributed by atoms with Gasteiger partial charge in [0.15, 0.2) is 11.5 Å². The highest BCUT2D eigenvalue weighted by Gasteiger charge is 2.36. The fourth-order valence-electron chi connectivity index (χ4n) is 3.61. The van der Waals surface area contributed by atoms with Crippen LogP contribution in [0.5, 0.6) is 11.5 Å². The number of rotatable bonds is 8. The van der Waals surface area contributed by atoms with Crippen molar-refractivity contribution >= 4 is 51.4 Å². The van der Waals surface area contributed by atoms with Gasteiger partial charge in [-0.1, -0.05) is 42.5 Å². The Hall–Kier alpha value is -3.78. The molecule has 1 saturated heterocycles. The summed E-state index contributed by atoms with van der Waals surface area (Å²) in [6.07, 6.45) is 1.62. The number of hydrogen-bond acceptors (Lipinski definition) is 6. The first kappa shape index (κ1) is 23.4. The number of carbonyl (C=O) groups excluding carboxylic acids is 3. The third kappa shape index (κ3) is 5.07. The predicted molar refractivity (Wildman–Crippen MR) is 134 cm³/mol. The van der Waals surface area contributed by atoms with Crippen LogP contribution < -0.4 is 14.8 Å². The second-order valence-corrected chi connectivity index (χ2v) is 8.41. The number of carbonyl (C=O) groups is 3. The lowest BCUT2D eigenvalue weighted by Crippen LogP contribution is -2.36. The van der Waals surface area contributed by atoms with Gasteiger partial charge in [0.2, 0.25) is 5.91 Å². The largest absolute Gasteiger partial charge is 0.490 e. The lowest BCUT2D eigenvalue weighted by molar-refractivity contribution is -0.127. The van der Waals surface area contributed by atoms with E-state index in [-0.39, 0.29) is 11.4 Å². The molecule has 1 aliphatic rings. The monoisotopic (exact) mass is 476 g/mol. The average Bonchev–Trinajstić information content (AvgIpc) is 3.08. The van der Waals surface area contributed by atoms with Gasteiger partial charge in [-0.25, -0.2) is 0 Å². The Labute approximate surface area is 201 Å². The molecule has 174 valence electrons. The fourth-order valence-corrected chi connectivity index (χ4v) is 4.45. The smallest absolute Gasteiger partial charge is 0.294 e. The quantitative estimate of drug-likeness (QED) is 0.444. The summed E-state index contributed by atoms with van der Waals surface area (Å²) in [6, 6.07) is 18.5. The van der Waals surface area contributed by atoms with E-state index in [0.717, 1.165) is 27.4 Å². The van der Waals surface area contributed by atoms with Gasteiger partial charge in [-0.3, -0.25) is 19.3 Å². The van der Waals surface area contributed by atoms with E-state index in [4.69, 9.17) is 9.47 Å². The second-order valence-electron chi connectivity index (χ2n) is 7.41. The third-order valence-electron chi connectivity index (χ3n) is 5.10. The van der Waals surface area contributed by atoms with Crippen LogP contribution in [0.4, 0.5) is 10.5 Å². The minimum atomic E-state index is -0.505. The van der Waals surface area contributed by atoms with Crippen molar-refractivity contribution in [2.24, 2.45) is 0 Å². The van der Waals surface area contributed by atoms with Crippen molar-refractivity contribution in [1.29, 1.82) is 0 Å². The Bertz CT molecular complexity index is 1280. The molecule has 0 unspecified atom stereocenters. The van der Waals surface area contributed by atoms with Crippen LogP contribution >= 0.6 is 11.8 Å². The molecule has 1 N–H and O–H groups in total. The molecule has 0 saturated carbocycles. The summed E-state index contributed by atoms with van der Waals surface area (Å²) in [6.45, 7) is 4.36. The van der Waals surface area contributed by atoms with Gasteiger partial charge in [-0.05, 0) is 60.8 Å². The first-order valence-corrected chi connectivity index (χ1v) is 11.7. The number of anilines is 1. The van der Waals surface area contributed by atoms with Crippen LogP contribution in [-0.2, 0) is 9.59 Å². The molecule has 0 bridgehead atoms. The molecule has 0 aliphatic carbocycles.